The van der Waals surface area contributed by atoms with Crippen molar-refractivity contribution in [2.45, 2.75) is 6.42 Å². The van der Waals surface area contributed by atoms with Gasteiger partial charge in [0, 0.05) is 38.3 Å². The van der Waals surface area contributed by atoms with Crippen LogP contribution < -0.4 is 16.9 Å². The fourth-order valence-electron chi connectivity index (χ4n) is 3.27. The van der Waals surface area contributed by atoms with E-state index in [-0.39, 0.29) is 5.96 Å². The van der Waals surface area contributed by atoms with Crippen LogP contribution in [0.15, 0.2) is 29.3 Å². The van der Waals surface area contributed by atoms with Crippen molar-refractivity contribution >= 4 is 11.6 Å². The fourth-order valence-corrected chi connectivity index (χ4v) is 3.27. The first-order chi connectivity index (χ1) is 11.2. The third kappa shape index (κ3) is 4.20. The minimum atomic E-state index is -0.0374. The summed E-state index contributed by atoms with van der Waals surface area (Å²) in [7, 11) is 0. The zero-order valence-electron chi connectivity index (χ0n) is 13.4. The van der Waals surface area contributed by atoms with Crippen molar-refractivity contribution in [1.29, 1.82) is 0 Å². The molecule has 3 heterocycles. The van der Waals surface area contributed by atoms with Crippen LogP contribution in [0.5, 0.6) is 0 Å². The summed E-state index contributed by atoms with van der Waals surface area (Å²) in [5, 5.41) is 0. The smallest absolute Gasteiger partial charge is 0.348 e. The highest BCUT2D eigenvalue weighted by atomic mass is 15.7. The monoisotopic (exact) mass is 315 g/mol. The summed E-state index contributed by atoms with van der Waals surface area (Å²) in [5.41, 5.74) is 16.3. The molecule has 2 bridgehead atoms. The van der Waals surface area contributed by atoms with Gasteiger partial charge < -0.3 is 11.5 Å². The number of aliphatic imine (C=N–C) groups is 1. The van der Waals surface area contributed by atoms with Gasteiger partial charge in [-0.15, -0.1) is 0 Å². The van der Waals surface area contributed by atoms with Crippen molar-refractivity contribution in [3.05, 3.63) is 34.7 Å². The van der Waals surface area contributed by atoms with Crippen LogP contribution in [0.25, 0.3) is 4.85 Å². The quantitative estimate of drug-likeness (QED) is 0.318. The number of fused-ring (bicyclic) bond motifs is 3. The largest absolute Gasteiger partial charge is 0.433 e. The first kappa shape index (κ1) is 15.7. The van der Waals surface area contributed by atoms with Gasteiger partial charge in [-0.05, 0) is 12.0 Å². The Kier molecular flexibility index (Phi) is 4.76. The molecule has 122 valence electrons. The fraction of sp³-hybridized carbons (Fsp3) is 0.500. The Bertz CT molecular complexity index is 618. The van der Waals surface area contributed by atoms with Gasteiger partial charge in [0.2, 0.25) is 5.69 Å². The number of nitrogens with two attached hydrogens (primary N) is 2. The summed E-state index contributed by atoms with van der Waals surface area (Å²) in [4.78, 5) is 10.3. The van der Waals surface area contributed by atoms with Crippen molar-refractivity contribution in [3.63, 3.8) is 0 Å². The Labute approximate surface area is 136 Å². The predicted octanol–water partition coefficient (Wildman–Crippen LogP) is 0.0750. The maximum absolute atomic E-state index is 5.24. The van der Waals surface area contributed by atoms with Gasteiger partial charge in [0.25, 0.3) is 0 Å². The molecule has 1 aromatic rings. The van der Waals surface area contributed by atoms with E-state index in [2.05, 4.69) is 32.4 Å². The summed E-state index contributed by atoms with van der Waals surface area (Å²) < 4.78 is 1.08. The van der Waals surface area contributed by atoms with Crippen molar-refractivity contribution in [2.75, 3.05) is 45.8 Å². The van der Waals surface area contributed by atoms with E-state index in [9.17, 15) is 0 Å². The number of nitrogens with zero attached hydrogens (tertiary/aromatic N) is 4. The molecule has 1 aromatic carbocycles. The number of quaternary nitrogens is 1. The van der Waals surface area contributed by atoms with Crippen LogP contribution in [0.2, 0.25) is 0 Å². The Morgan fingerprint density at radius 3 is 2.70 bits per heavy atom. The molecule has 0 radical (unpaired) electrons. The van der Waals surface area contributed by atoms with Crippen LogP contribution in [0.1, 0.15) is 5.56 Å². The Morgan fingerprint density at radius 1 is 1.26 bits per heavy atom. The predicted molar refractivity (Wildman–Crippen MR) is 92.2 cm³/mol. The molecule has 3 aliphatic heterocycles. The van der Waals surface area contributed by atoms with Crippen LogP contribution in [-0.4, -0.2) is 61.3 Å². The van der Waals surface area contributed by atoms with Gasteiger partial charge in [0.15, 0.2) is 0 Å². The second-order valence-electron chi connectivity index (χ2n) is 6.23. The van der Waals surface area contributed by atoms with Crippen molar-refractivity contribution in [2.24, 2.45) is 16.5 Å². The lowest BCUT2D eigenvalue weighted by atomic mass is 10.1. The lowest BCUT2D eigenvalue weighted by molar-refractivity contribution is -0.981. The molecule has 0 amide bonds. The van der Waals surface area contributed by atoms with Gasteiger partial charge in [-0.2, -0.15) is 10.3 Å². The van der Waals surface area contributed by atoms with Gasteiger partial charge in [0.05, 0.1) is 4.99 Å². The Morgan fingerprint density at radius 2 is 2.00 bits per heavy atom. The molecule has 4 rings (SSSR count). The number of piperazine rings is 3. The van der Waals surface area contributed by atoms with E-state index in [0.29, 0.717) is 0 Å². The van der Waals surface area contributed by atoms with Gasteiger partial charge >= 0.3 is 12.2 Å². The van der Waals surface area contributed by atoms with Crippen LogP contribution >= 0.6 is 0 Å². The zero-order chi connectivity index (χ0) is 16.1. The molecular weight excluding hydrogens is 290 g/mol. The second-order valence-corrected chi connectivity index (χ2v) is 6.23. The molecule has 5 N–H and O–H groups in total. The molecule has 3 fully saturated rings. The highest BCUT2D eigenvalue weighted by Gasteiger charge is 2.38. The second kappa shape index (κ2) is 6.96. The number of nitrogens with one attached hydrogen (secondary N) is 1. The van der Waals surface area contributed by atoms with Gasteiger partial charge in [-0.1, -0.05) is 12.1 Å². The van der Waals surface area contributed by atoms with E-state index < -0.39 is 0 Å². The number of guanidine groups is 1. The standard InChI is InChI=1S/C16H24N7/c17-16(18)20-13-19-15-3-1-2-14(12-15)4-5-21-23-9-6-22(7-10-23)8-11-23/h1-3,12,21H,4-11H2,(H3,17,18)/q+1/p+1. The van der Waals surface area contributed by atoms with E-state index in [1.54, 1.807) is 0 Å². The summed E-state index contributed by atoms with van der Waals surface area (Å²) in [6.45, 7) is 8.30. The molecular formula is C16H25N7+2. The molecule has 0 saturated carbocycles. The molecule has 7 heteroatoms. The van der Waals surface area contributed by atoms with Gasteiger partial charge in [-0.3, -0.25) is 4.90 Å². The third-order valence-corrected chi connectivity index (χ3v) is 4.66. The van der Waals surface area contributed by atoms with E-state index in [1.165, 1.54) is 44.8 Å². The molecule has 0 unspecified atom stereocenters. The maximum atomic E-state index is 5.24. The minimum absolute atomic E-state index is 0.0374. The SMILES string of the molecule is NC(N)=NC#[N+]c1cccc(CCN[N+]23CCN(CC2)CC3)c1. The first-order valence-electron chi connectivity index (χ1n) is 8.12. The summed E-state index contributed by atoms with van der Waals surface area (Å²) in [6.07, 6.45) is 3.48. The zero-order valence-corrected chi connectivity index (χ0v) is 13.4. The van der Waals surface area contributed by atoms with Crippen molar-refractivity contribution < 1.29 is 4.59 Å². The molecule has 3 saturated heterocycles. The Balaban J connectivity index is 1.54. The van der Waals surface area contributed by atoms with E-state index >= 15 is 0 Å². The maximum Gasteiger partial charge on any atom is 0.433 e. The van der Waals surface area contributed by atoms with Crippen LogP contribution in [0.3, 0.4) is 0 Å². The normalized spacial score (nSPS) is 25.5. The summed E-state index contributed by atoms with van der Waals surface area (Å²) >= 11 is 0. The average molecular weight is 315 g/mol. The van der Waals surface area contributed by atoms with Crippen LogP contribution in [-0.2, 0) is 6.42 Å². The lowest BCUT2D eigenvalue weighted by Crippen LogP contribution is -2.72. The lowest BCUT2D eigenvalue weighted by Gasteiger charge is -2.49. The highest BCUT2D eigenvalue weighted by molar-refractivity contribution is 5.76. The van der Waals surface area contributed by atoms with Gasteiger partial charge in [0.1, 0.15) is 19.6 Å². The minimum Gasteiger partial charge on any atom is -0.348 e. The summed E-state index contributed by atoms with van der Waals surface area (Å²) in [6, 6.07) is 8.08. The molecule has 0 aliphatic carbocycles. The molecule has 0 spiro atoms. The van der Waals surface area contributed by atoms with Gasteiger partial charge in [-0.25, -0.2) is 4.59 Å². The van der Waals surface area contributed by atoms with Crippen molar-refractivity contribution in [3.8, 4) is 6.19 Å². The topological polar surface area (TPSA) is 84.0 Å². The number of rotatable bonds is 4. The number of hydrogen-bond acceptors (Lipinski definition) is 3. The molecule has 3 aliphatic rings. The van der Waals surface area contributed by atoms with Crippen molar-refractivity contribution in [1.82, 2.24) is 10.3 Å². The number of hydrogen-bond donors (Lipinski definition) is 3. The average Bonchev–Trinajstić information content (AvgIpc) is 2.56. The van der Waals surface area contributed by atoms with E-state index in [0.717, 1.165) is 23.2 Å². The summed E-state index contributed by atoms with van der Waals surface area (Å²) in [5.74, 6) is -0.0374. The number of benzene rings is 1. The van der Waals surface area contributed by atoms with Crippen LogP contribution in [0, 0.1) is 6.19 Å². The van der Waals surface area contributed by atoms with Crippen LogP contribution in [0.4, 0.5) is 5.69 Å². The molecule has 7 nitrogen and oxygen atoms in total. The highest BCUT2D eigenvalue weighted by Crippen LogP contribution is 2.17. The molecule has 23 heavy (non-hydrogen) atoms. The van der Waals surface area contributed by atoms with E-state index in [4.69, 9.17) is 11.5 Å². The third-order valence-electron chi connectivity index (χ3n) is 4.66. The first-order valence-corrected chi connectivity index (χ1v) is 8.12. The van der Waals surface area contributed by atoms with E-state index in [1.807, 2.05) is 18.2 Å². The Hall–Kier alpha value is -2.14. The molecule has 0 aromatic heterocycles. The molecule has 0 atom stereocenters.